The van der Waals surface area contributed by atoms with Gasteiger partial charge in [0.2, 0.25) is 0 Å². The monoisotopic (exact) mass is 334 g/mol. The Morgan fingerprint density at radius 2 is 1.42 bits per heavy atom. The molecule has 0 heterocycles. The second kappa shape index (κ2) is 5.85. The highest BCUT2D eigenvalue weighted by molar-refractivity contribution is 5.90. The van der Waals surface area contributed by atoms with Gasteiger partial charge in [-0.05, 0) is 53.2 Å². The van der Waals surface area contributed by atoms with Crippen LogP contribution in [0.5, 0.6) is 0 Å². The van der Waals surface area contributed by atoms with Crippen molar-refractivity contribution in [1.29, 1.82) is 0 Å². The molecule has 0 saturated carbocycles. The summed E-state index contributed by atoms with van der Waals surface area (Å²) in [6, 6.07) is 29.1. The number of hydrogen-bond acceptors (Lipinski definition) is 0. The van der Waals surface area contributed by atoms with Gasteiger partial charge in [-0.2, -0.15) is 0 Å². The van der Waals surface area contributed by atoms with Gasteiger partial charge < -0.3 is 0 Å². The minimum atomic E-state index is -0.177. The molecular weight excluding hydrogens is 312 g/mol. The van der Waals surface area contributed by atoms with E-state index in [-0.39, 0.29) is 5.41 Å². The Balaban J connectivity index is 1.95. The van der Waals surface area contributed by atoms with Gasteiger partial charge in [0.15, 0.2) is 0 Å². The first-order valence-electron chi connectivity index (χ1n) is 9.44. The van der Waals surface area contributed by atoms with Crippen LogP contribution in [0.25, 0.3) is 5.57 Å². The van der Waals surface area contributed by atoms with Gasteiger partial charge in [-0.25, -0.2) is 0 Å². The van der Waals surface area contributed by atoms with Crippen LogP contribution < -0.4 is 0 Å². The predicted molar refractivity (Wildman–Crippen MR) is 109 cm³/mol. The van der Waals surface area contributed by atoms with Gasteiger partial charge in [0.1, 0.15) is 0 Å². The van der Waals surface area contributed by atoms with Crippen LogP contribution in [0.15, 0.2) is 96.6 Å². The first-order chi connectivity index (χ1) is 12.8. The van der Waals surface area contributed by atoms with E-state index in [9.17, 15) is 0 Å². The maximum absolute atomic E-state index is 2.40. The van der Waals surface area contributed by atoms with Gasteiger partial charge in [0, 0.05) is 0 Å². The summed E-state index contributed by atoms with van der Waals surface area (Å²) < 4.78 is 0. The maximum atomic E-state index is 2.40. The molecule has 2 aliphatic rings. The SMILES string of the molecule is Cc1ccc2c(c1)C(c1ccccc1)(c1ccccc1)C1=C2C=CCC1. The number of aryl methyl sites for hydroxylation is 1. The molecule has 0 fully saturated rings. The number of hydrogen-bond donors (Lipinski definition) is 0. The van der Waals surface area contributed by atoms with Crippen molar-refractivity contribution in [3.05, 3.63) is 124 Å². The number of fused-ring (bicyclic) bond motifs is 2. The molecule has 0 saturated heterocycles. The van der Waals surface area contributed by atoms with Gasteiger partial charge in [-0.1, -0.05) is 96.6 Å². The van der Waals surface area contributed by atoms with Crippen LogP contribution in [-0.2, 0) is 5.41 Å². The molecule has 26 heavy (non-hydrogen) atoms. The topological polar surface area (TPSA) is 0 Å². The van der Waals surface area contributed by atoms with Crippen molar-refractivity contribution in [2.24, 2.45) is 0 Å². The normalized spacial score (nSPS) is 17.1. The van der Waals surface area contributed by atoms with Crippen LogP contribution in [-0.4, -0.2) is 0 Å². The smallest absolute Gasteiger partial charge is 0.0676 e. The summed E-state index contributed by atoms with van der Waals surface area (Å²) in [6.45, 7) is 2.20. The molecule has 5 rings (SSSR count). The first kappa shape index (κ1) is 15.4. The van der Waals surface area contributed by atoms with Crippen molar-refractivity contribution in [3.8, 4) is 0 Å². The summed E-state index contributed by atoms with van der Waals surface area (Å²) in [7, 11) is 0. The highest BCUT2D eigenvalue weighted by Crippen LogP contribution is 2.57. The molecule has 3 aromatic carbocycles. The Hall–Kier alpha value is -2.86. The molecule has 2 aliphatic carbocycles. The van der Waals surface area contributed by atoms with Crippen molar-refractivity contribution < 1.29 is 0 Å². The third-order valence-electron chi connectivity index (χ3n) is 5.91. The minimum absolute atomic E-state index is 0.177. The largest absolute Gasteiger partial charge is 0.0836 e. The Morgan fingerprint density at radius 1 is 0.769 bits per heavy atom. The summed E-state index contributed by atoms with van der Waals surface area (Å²) in [6.07, 6.45) is 6.91. The molecule has 0 aromatic heterocycles. The van der Waals surface area contributed by atoms with Crippen molar-refractivity contribution in [1.82, 2.24) is 0 Å². The van der Waals surface area contributed by atoms with E-state index in [4.69, 9.17) is 0 Å². The quantitative estimate of drug-likeness (QED) is 0.505. The Bertz CT molecular complexity index is 981. The van der Waals surface area contributed by atoms with Crippen molar-refractivity contribution in [2.45, 2.75) is 25.2 Å². The zero-order chi connectivity index (χ0) is 17.6. The lowest BCUT2D eigenvalue weighted by Crippen LogP contribution is -2.30. The Kier molecular flexibility index (Phi) is 3.46. The van der Waals surface area contributed by atoms with Gasteiger partial charge in [-0.3, -0.25) is 0 Å². The molecule has 0 bridgehead atoms. The number of benzene rings is 3. The summed E-state index contributed by atoms with van der Waals surface area (Å²) >= 11 is 0. The van der Waals surface area contributed by atoms with E-state index in [0.29, 0.717) is 0 Å². The zero-order valence-electron chi connectivity index (χ0n) is 15.1. The van der Waals surface area contributed by atoms with Crippen LogP contribution in [0.4, 0.5) is 0 Å². The summed E-state index contributed by atoms with van der Waals surface area (Å²) in [5, 5.41) is 0. The molecule has 0 heteroatoms. The van der Waals surface area contributed by atoms with E-state index in [2.05, 4.69) is 97.9 Å². The lowest BCUT2D eigenvalue weighted by Gasteiger charge is -2.36. The fraction of sp³-hybridized carbons (Fsp3) is 0.154. The van der Waals surface area contributed by atoms with E-state index in [1.807, 2.05) is 0 Å². The molecule has 0 aliphatic heterocycles. The summed E-state index contributed by atoms with van der Waals surface area (Å²) in [5.41, 5.74) is 9.71. The van der Waals surface area contributed by atoms with Gasteiger partial charge in [-0.15, -0.1) is 0 Å². The van der Waals surface area contributed by atoms with E-state index >= 15 is 0 Å². The summed E-state index contributed by atoms with van der Waals surface area (Å²) in [5.74, 6) is 0. The van der Waals surface area contributed by atoms with Crippen molar-refractivity contribution in [2.75, 3.05) is 0 Å². The first-order valence-corrected chi connectivity index (χ1v) is 9.44. The van der Waals surface area contributed by atoms with Crippen LogP contribution in [0.2, 0.25) is 0 Å². The second-order valence-electron chi connectivity index (χ2n) is 7.36. The van der Waals surface area contributed by atoms with Crippen LogP contribution in [0.1, 0.15) is 40.7 Å². The lowest BCUT2D eigenvalue weighted by molar-refractivity contribution is 0.696. The molecule has 0 amide bonds. The molecule has 0 spiro atoms. The van der Waals surface area contributed by atoms with Crippen LogP contribution in [0, 0.1) is 6.92 Å². The molecule has 0 atom stereocenters. The molecule has 3 aromatic rings. The third-order valence-corrected chi connectivity index (χ3v) is 5.91. The standard InChI is InChI=1S/C26H22/c1-19-16-17-23-22-14-8-9-15-24(22)26(25(23)18-19,20-10-4-2-5-11-20)21-12-6-3-7-13-21/h2-8,10-14,16-18H,9,15H2,1H3. The Morgan fingerprint density at radius 3 is 2.08 bits per heavy atom. The van der Waals surface area contributed by atoms with E-state index < -0.39 is 0 Å². The zero-order valence-corrected chi connectivity index (χ0v) is 15.1. The average molecular weight is 334 g/mol. The van der Waals surface area contributed by atoms with Crippen molar-refractivity contribution >= 4 is 5.57 Å². The maximum Gasteiger partial charge on any atom is 0.0676 e. The van der Waals surface area contributed by atoms with Gasteiger partial charge in [0.25, 0.3) is 0 Å². The minimum Gasteiger partial charge on any atom is -0.0836 e. The fourth-order valence-electron chi connectivity index (χ4n) is 4.87. The third kappa shape index (κ3) is 2.02. The highest BCUT2D eigenvalue weighted by Gasteiger charge is 2.47. The fourth-order valence-corrected chi connectivity index (χ4v) is 4.87. The van der Waals surface area contributed by atoms with Crippen molar-refractivity contribution in [3.63, 3.8) is 0 Å². The molecule has 126 valence electrons. The van der Waals surface area contributed by atoms with E-state index in [1.54, 1.807) is 5.57 Å². The number of allylic oxidation sites excluding steroid dienone is 4. The van der Waals surface area contributed by atoms with Gasteiger partial charge >= 0.3 is 0 Å². The molecule has 0 radical (unpaired) electrons. The van der Waals surface area contributed by atoms with E-state index in [1.165, 1.54) is 33.4 Å². The Labute approximate surface area is 155 Å². The average Bonchev–Trinajstić information content (AvgIpc) is 3.00. The lowest BCUT2D eigenvalue weighted by atomic mass is 9.65. The van der Waals surface area contributed by atoms with Crippen LogP contribution >= 0.6 is 0 Å². The molecule has 0 unspecified atom stereocenters. The summed E-state index contributed by atoms with van der Waals surface area (Å²) in [4.78, 5) is 0. The number of rotatable bonds is 2. The molecular formula is C26H22. The molecule has 0 N–H and O–H groups in total. The highest BCUT2D eigenvalue weighted by atomic mass is 14.5. The second-order valence-corrected chi connectivity index (χ2v) is 7.36. The predicted octanol–water partition coefficient (Wildman–Crippen LogP) is 6.45. The van der Waals surface area contributed by atoms with E-state index in [0.717, 1.165) is 12.8 Å². The van der Waals surface area contributed by atoms with Crippen LogP contribution in [0.3, 0.4) is 0 Å². The molecule has 0 nitrogen and oxygen atoms in total. The van der Waals surface area contributed by atoms with Gasteiger partial charge in [0.05, 0.1) is 5.41 Å².